The Hall–Kier alpha value is -0.830. The maximum absolute atomic E-state index is 11.5. The van der Waals surface area contributed by atoms with E-state index in [0.717, 1.165) is 12.8 Å². The third-order valence-electron chi connectivity index (χ3n) is 2.83. The molecule has 0 aliphatic rings. The molecule has 0 aromatic rings. The van der Waals surface area contributed by atoms with Gasteiger partial charge in [0.1, 0.15) is 6.61 Å². The standard InChI is InChI=1S/C12H23NO2/c1-5-9(3)11(6-2)10(4)12(14)15-8-7-13/h9,11H,4-8,13H2,1-3H3. The fourth-order valence-corrected chi connectivity index (χ4v) is 1.67. The van der Waals surface area contributed by atoms with Crippen molar-refractivity contribution >= 4 is 5.97 Å². The summed E-state index contributed by atoms with van der Waals surface area (Å²) in [5.74, 6) is 0.390. The molecule has 0 fully saturated rings. The highest BCUT2D eigenvalue weighted by molar-refractivity contribution is 5.88. The highest BCUT2D eigenvalue weighted by Crippen LogP contribution is 2.26. The highest BCUT2D eigenvalue weighted by atomic mass is 16.5. The third-order valence-corrected chi connectivity index (χ3v) is 2.83. The molecule has 0 aliphatic carbocycles. The molecule has 0 aromatic carbocycles. The van der Waals surface area contributed by atoms with Crippen molar-refractivity contribution in [3.05, 3.63) is 12.2 Å². The van der Waals surface area contributed by atoms with Crippen LogP contribution in [0.15, 0.2) is 12.2 Å². The van der Waals surface area contributed by atoms with Gasteiger partial charge in [-0.3, -0.25) is 0 Å². The molecule has 0 saturated heterocycles. The Bertz CT molecular complexity index is 214. The third kappa shape index (κ3) is 4.47. The van der Waals surface area contributed by atoms with Crippen LogP contribution >= 0.6 is 0 Å². The van der Waals surface area contributed by atoms with Crippen molar-refractivity contribution in [1.29, 1.82) is 0 Å². The van der Waals surface area contributed by atoms with Crippen molar-refractivity contribution in [2.75, 3.05) is 13.2 Å². The van der Waals surface area contributed by atoms with E-state index in [4.69, 9.17) is 10.5 Å². The van der Waals surface area contributed by atoms with Gasteiger partial charge in [0, 0.05) is 12.1 Å². The van der Waals surface area contributed by atoms with Crippen LogP contribution in [-0.2, 0) is 9.53 Å². The number of hydrogen-bond acceptors (Lipinski definition) is 3. The largest absolute Gasteiger partial charge is 0.461 e. The molecule has 88 valence electrons. The number of ether oxygens (including phenoxy) is 1. The first-order valence-corrected chi connectivity index (χ1v) is 5.64. The Morgan fingerprint density at radius 3 is 2.40 bits per heavy atom. The van der Waals surface area contributed by atoms with Gasteiger partial charge in [0.2, 0.25) is 0 Å². The summed E-state index contributed by atoms with van der Waals surface area (Å²) in [7, 11) is 0. The number of carbonyl (C=O) groups is 1. The molecule has 2 N–H and O–H groups in total. The SMILES string of the molecule is C=C(C(=O)OCCN)C(CC)C(C)CC. The number of esters is 1. The summed E-state index contributed by atoms with van der Waals surface area (Å²) < 4.78 is 4.97. The first kappa shape index (κ1) is 14.2. The van der Waals surface area contributed by atoms with Crippen molar-refractivity contribution in [2.45, 2.75) is 33.6 Å². The summed E-state index contributed by atoms with van der Waals surface area (Å²) in [6, 6.07) is 0. The minimum Gasteiger partial charge on any atom is -0.461 e. The van der Waals surface area contributed by atoms with Crippen LogP contribution in [0.3, 0.4) is 0 Å². The summed E-state index contributed by atoms with van der Waals surface area (Å²) in [4.78, 5) is 11.5. The molecule has 0 radical (unpaired) electrons. The van der Waals surface area contributed by atoms with Crippen LogP contribution in [0.25, 0.3) is 0 Å². The second-order valence-electron chi connectivity index (χ2n) is 3.85. The molecule has 0 saturated carbocycles. The summed E-state index contributed by atoms with van der Waals surface area (Å²) in [5.41, 5.74) is 5.85. The van der Waals surface area contributed by atoms with Crippen LogP contribution in [0.1, 0.15) is 33.6 Å². The number of hydrogen-bond donors (Lipinski definition) is 1. The summed E-state index contributed by atoms with van der Waals surface area (Å²) >= 11 is 0. The molecule has 0 amide bonds. The van der Waals surface area contributed by atoms with Gasteiger partial charge in [-0.1, -0.05) is 33.8 Å². The van der Waals surface area contributed by atoms with Crippen LogP contribution in [0.4, 0.5) is 0 Å². The van der Waals surface area contributed by atoms with Crippen molar-refractivity contribution in [2.24, 2.45) is 17.6 Å². The fourth-order valence-electron chi connectivity index (χ4n) is 1.67. The number of rotatable bonds is 7. The molecule has 0 rings (SSSR count). The van der Waals surface area contributed by atoms with Gasteiger partial charge in [-0.05, 0) is 18.3 Å². The van der Waals surface area contributed by atoms with Crippen LogP contribution in [0, 0.1) is 11.8 Å². The Morgan fingerprint density at radius 2 is 2.00 bits per heavy atom. The molecular weight excluding hydrogens is 190 g/mol. The minimum absolute atomic E-state index is 0.222. The van der Waals surface area contributed by atoms with E-state index in [0.29, 0.717) is 18.0 Å². The van der Waals surface area contributed by atoms with Crippen molar-refractivity contribution in [3.63, 3.8) is 0 Å². The molecule has 3 nitrogen and oxygen atoms in total. The molecule has 2 atom stereocenters. The Morgan fingerprint density at radius 1 is 1.40 bits per heavy atom. The molecule has 0 spiro atoms. The Balaban J connectivity index is 4.31. The molecule has 15 heavy (non-hydrogen) atoms. The lowest BCUT2D eigenvalue weighted by atomic mass is 9.84. The van der Waals surface area contributed by atoms with Gasteiger partial charge in [0.05, 0.1) is 0 Å². The number of carbonyl (C=O) groups excluding carboxylic acids is 1. The van der Waals surface area contributed by atoms with E-state index < -0.39 is 0 Å². The average molecular weight is 213 g/mol. The average Bonchev–Trinajstić information content (AvgIpc) is 2.26. The molecule has 0 bridgehead atoms. The highest BCUT2D eigenvalue weighted by Gasteiger charge is 2.22. The van der Waals surface area contributed by atoms with E-state index >= 15 is 0 Å². The van der Waals surface area contributed by atoms with Gasteiger partial charge in [0.25, 0.3) is 0 Å². The van der Waals surface area contributed by atoms with E-state index in [2.05, 4.69) is 27.4 Å². The van der Waals surface area contributed by atoms with E-state index in [9.17, 15) is 4.79 Å². The van der Waals surface area contributed by atoms with E-state index in [1.807, 2.05) is 0 Å². The zero-order chi connectivity index (χ0) is 11.8. The fraction of sp³-hybridized carbons (Fsp3) is 0.750. The van der Waals surface area contributed by atoms with Gasteiger partial charge in [0.15, 0.2) is 0 Å². The van der Waals surface area contributed by atoms with Crippen LogP contribution < -0.4 is 5.73 Å². The lowest BCUT2D eigenvalue weighted by Crippen LogP contribution is -2.22. The van der Waals surface area contributed by atoms with Crippen LogP contribution in [0.5, 0.6) is 0 Å². The zero-order valence-corrected chi connectivity index (χ0v) is 10.1. The molecule has 0 aliphatic heterocycles. The smallest absolute Gasteiger partial charge is 0.333 e. The molecule has 3 heteroatoms. The summed E-state index contributed by atoms with van der Waals surface area (Å²) in [6.07, 6.45) is 1.97. The lowest BCUT2D eigenvalue weighted by molar-refractivity contribution is -0.139. The van der Waals surface area contributed by atoms with Crippen LogP contribution in [-0.4, -0.2) is 19.1 Å². The Labute approximate surface area is 92.7 Å². The minimum atomic E-state index is -0.299. The monoisotopic (exact) mass is 213 g/mol. The van der Waals surface area contributed by atoms with Gasteiger partial charge in [-0.25, -0.2) is 4.79 Å². The second-order valence-corrected chi connectivity index (χ2v) is 3.85. The maximum Gasteiger partial charge on any atom is 0.333 e. The molecule has 0 heterocycles. The molecular formula is C12H23NO2. The first-order chi connectivity index (χ1) is 7.08. The predicted octanol–water partition coefficient (Wildman–Crippen LogP) is 2.12. The molecule has 0 aromatic heterocycles. The van der Waals surface area contributed by atoms with Crippen molar-refractivity contribution in [3.8, 4) is 0 Å². The Kier molecular flexibility index (Phi) is 7.05. The summed E-state index contributed by atoms with van der Waals surface area (Å²) in [5, 5.41) is 0. The second kappa shape index (κ2) is 7.46. The van der Waals surface area contributed by atoms with Gasteiger partial charge < -0.3 is 10.5 Å². The zero-order valence-electron chi connectivity index (χ0n) is 10.1. The van der Waals surface area contributed by atoms with Gasteiger partial charge in [-0.2, -0.15) is 0 Å². The van der Waals surface area contributed by atoms with Crippen molar-refractivity contribution in [1.82, 2.24) is 0 Å². The topological polar surface area (TPSA) is 52.3 Å². The normalized spacial score (nSPS) is 14.4. The lowest BCUT2D eigenvalue weighted by Gasteiger charge is -2.22. The number of nitrogens with two attached hydrogens (primary N) is 1. The van der Waals surface area contributed by atoms with Crippen LogP contribution in [0.2, 0.25) is 0 Å². The van der Waals surface area contributed by atoms with Gasteiger partial charge >= 0.3 is 5.97 Å². The van der Waals surface area contributed by atoms with Crippen molar-refractivity contribution < 1.29 is 9.53 Å². The summed E-state index contributed by atoms with van der Waals surface area (Å²) in [6.45, 7) is 10.8. The van der Waals surface area contributed by atoms with E-state index in [1.54, 1.807) is 0 Å². The van der Waals surface area contributed by atoms with Gasteiger partial charge in [-0.15, -0.1) is 0 Å². The predicted molar refractivity (Wildman–Crippen MR) is 62.4 cm³/mol. The molecule has 2 unspecified atom stereocenters. The quantitative estimate of drug-likeness (QED) is 0.520. The van der Waals surface area contributed by atoms with E-state index in [-0.39, 0.29) is 18.5 Å². The van der Waals surface area contributed by atoms with E-state index in [1.165, 1.54) is 0 Å². The first-order valence-electron chi connectivity index (χ1n) is 5.64. The maximum atomic E-state index is 11.5.